The minimum Gasteiger partial charge on any atom is -0.391 e. The fourth-order valence-electron chi connectivity index (χ4n) is 7.49. The van der Waals surface area contributed by atoms with Gasteiger partial charge in [-0.25, -0.2) is 9.78 Å². The number of aromatic amines is 1. The molecular formula is C37H56N6O6. The Morgan fingerprint density at radius 2 is 1.73 bits per heavy atom. The van der Waals surface area contributed by atoms with Gasteiger partial charge >= 0.3 is 6.03 Å². The van der Waals surface area contributed by atoms with Crippen molar-refractivity contribution < 1.29 is 29.3 Å². The Bertz CT molecular complexity index is 1360. The summed E-state index contributed by atoms with van der Waals surface area (Å²) in [6.45, 7) is 5.00. The first kappa shape index (κ1) is 36.8. The van der Waals surface area contributed by atoms with Crippen molar-refractivity contribution in [3.63, 3.8) is 0 Å². The molecule has 12 nitrogen and oxygen atoms in total. The normalized spacial score (nSPS) is 23.4. The van der Waals surface area contributed by atoms with Gasteiger partial charge in [0.2, 0.25) is 11.8 Å². The van der Waals surface area contributed by atoms with Gasteiger partial charge in [0.1, 0.15) is 17.7 Å². The molecule has 3 aliphatic rings. The SMILES string of the molecule is CN(C(=O)C(Cc1ccccc1)NC(=O)N1CCCCC1)C(Cc1cnc[nH]1)C(=O)NC(CC1CCCCC1)C(O)C[C@@]1(O)COC1(C)C. The maximum atomic E-state index is 14.4. The zero-order valence-corrected chi connectivity index (χ0v) is 29.4. The number of likely N-dealkylation sites (N-methyl/N-ethyl adjacent to an activating group) is 1. The first-order chi connectivity index (χ1) is 23.5. The van der Waals surface area contributed by atoms with E-state index in [4.69, 9.17) is 4.74 Å². The fourth-order valence-corrected chi connectivity index (χ4v) is 7.49. The van der Waals surface area contributed by atoms with E-state index in [1.54, 1.807) is 32.0 Å². The molecule has 3 heterocycles. The highest BCUT2D eigenvalue weighted by Crippen LogP contribution is 2.40. The summed E-state index contributed by atoms with van der Waals surface area (Å²) >= 11 is 0. The van der Waals surface area contributed by atoms with Crippen LogP contribution in [0.2, 0.25) is 0 Å². The number of urea groups is 1. The number of ether oxygens (including phenoxy) is 1. The van der Waals surface area contributed by atoms with E-state index in [-0.39, 0.29) is 37.8 Å². The Kier molecular flexibility index (Phi) is 12.4. The van der Waals surface area contributed by atoms with Crippen molar-refractivity contribution in [3.8, 4) is 0 Å². The number of aliphatic hydroxyl groups excluding tert-OH is 1. The number of rotatable bonds is 14. The summed E-state index contributed by atoms with van der Waals surface area (Å²) in [6, 6.07) is 6.74. The number of carbonyl (C=O) groups excluding carboxylic acids is 3. The van der Waals surface area contributed by atoms with E-state index in [9.17, 15) is 24.6 Å². The number of benzene rings is 1. The van der Waals surface area contributed by atoms with Gasteiger partial charge in [0.05, 0.1) is 30.7 Å². The van der Waals surface area contributed by atoms with E-state index < -0.39 is 41.3 Å². The lowest BCUT2D eigenvalue weighted by Crippen LogP contribution is -2.67. The smallest absolute Gasteiger partial charge is 0.318 e. The quantitative estimate of drug-likeness (QED) is 0.205. The summed E-state index contributed by atoms with van der Waals surface area (Å²) in [6.07, 6.45) is 11.5. The molecule has 2 aromatic rings. The minimum absolute atomic E-state index is 0.0549. The Morgan fingerprint density at radius 1 is 1.04 bits per heavy atom. The van der Waals surface area contributed by atoms with E-state index in [2.05, 4.69) is 20.6 Å². The molecule has 1 saturated carbocycles. The molecule has 5 rings (SSSR count). The van der Waals surface area contributed by atoms with Crippen molar-refractivity contribution >= 4 is 17.8 Å². The minimum atomic E-state index is -1.22. The molecule has 2 aliphatic heterocycles. The molecule has 270 valence electrons. The predicted molar refractivity (Wildman–Crippen MR) is 185 cm³/mol. The molecule has 12 heteroatoms. The first-order valence-corrected chi connectivity index (χ1v) is 18.1. The van der Waals surface area contributed by atoms with Crippen molar-refractivity contribution in [2.75, 3.05) is 26.7 Å². The van der Waals surface area contributed by atoms with Crippen LogP contribution in [0.4, 0.5) is 4.79 Å². The molecule has 1 aliphatic carbocycles. The maximum absolute atomic E-state index is 14.4. The van der Waals surface area contributed by atoms with Gasteiger partial charge in [0.25, 0.3) is 0 Å². The number of carbonyl (C=O) groups is 3. The van der Waals surface area contributed by atoms with Crippen LogP contribution in [0.25, 0.3) is 0 Å². The van der Waals surface area contributed by atoms with Gasteiger partial charge in [-0.3, -0.25) is 9.59 Å². The van der Waals surface area contributed by atoms with Gasteiger partial charge in [-0.05, 0) is 51.0 Å². The number of piperidine rings is 1. The van der Waals surface area contributed by atoms with Crippen LogP contribution < -0.4 is 10.6 Å². The molecule has 1 aromatic carbocycles. The number of likely N-dealkylation sites (tertiary alicyclic amines) is 1. The van der Waals surface area contributed by atoms with Crippen LogP contribution >= 0.6 is 0 Å². The largest absolute Gasteiger partial charge is 0.391 e. The second kappa shape index (κ2) is 16.5. The number of hydrogen-bond acceptors (Lipinski definition) is 7. The predicted octanol–water partition coefficient (Wildman–Crippen LogP) is 3.33. The van der Waals surface area contributed by atoms with Crippen molar-refractivity contribution in [2.45, 2.75) is 126 Å². The topological polar surface area (TPSA) is 160 Å². The Hall–Kier alpha value is -3.48. The lowest BCUT2D eigenvalue weighted by Gasteiger charge is -2.53. The van der Waals surface area contributed by atoms with Crippen molar-refractivity contribution in [2.24, 2.45) is 5.92 Å². The molecule has 4 amide bonds. The third kappa shape index (κ3) is 9.40. The second-order valence-electron chi connectivity index (χ2n) is 14.9. The number of H-pyrrole nitrogens is 1. The van der Waals surface area contributed by atoms with Gasteiger partial charge in [0.15, 0.2) is 0 Å². The van der Waals surface area contributed by atoms with Crippen LogP contribution in [-0.2, 0) is 27.2 Å². The summed E-state index contributed by atoms with van der Waals surface area (Å²) in [4.78, 5) is 52.5. The summed E-state index contributed by atoms with van der Waals surface area (Å²) in [7, 11) is 1.59. The van der Waals surface area contributed by atoms with Gasteiger partial charge in [-0.15, -0.1) is 0 Å². The summed E-state index contributed by atoms with van der Waals surface area (Å²) in [5, 5.41) is 29.0. The first-order valence-electron chi connectivity index (χ1n) is 18.1. The molecular weight excluding hydrogens is 624 g/mol. The molecule has 0 bridgehead atoms. The lowest BCUT2D eigenvalue weighted by atomic mass is 9.75. The zero-order chi connectivity index (χ0) is 35.0. The van der Waals surface area contributed by atoms with Gasteiger partial charge in [-0.1, -0.05) is 62.4 Å². The molecule has 1 aromatic heterocycles. The zero-order valence-electron chi connectivity index (χ0n) is 29.4. The number of imidazole rings is 1. The molecule has 0 spiro atoms. The van der Waals surface area contributed by atoms with Crippen molar-refractivity contribution in [3.05, 3.63) is 54.1 Å². The average Bonchev–Trinajstić information content (AvgIpc) is 3.63. The number of amides is 4. The van der Waals surface area contributed by atoms with Gasteiger partial charge in [-0.2, -0.15) is 0 Å². The van der Waals surface area contributed by atoms with Crippen LogP contribution in [0.5, 0.6) is 0 Å². The lowest BCUT2D eigenvalue weighted by molar-refractivity contribution is -0.297. The van der Waals surface area contributed by atoms with E-state index in [0.29, 0.717) is 31.1 Å². The second-order valence-corrected chi connectivity index (χ2v) is 14.9. The Morgan fingerprint density at radius 3 is 2.35 bits per heavy atom. The highest BCUT2D eigenvalue weighted by molar-refractivity contribution is 5.92. The highest BCUT2D eigenvalue weighted by atomic mass is 16.6. The number of hydrogen-bond donors (Lipinski definition) is 5. The third-order valence-corrected chi connectivity index (χ3v) is 11.1. The van der Waals surface area contributed by atoms with Crippen molar-refractivity contribution in [1.82, 2.24) is 30.4 Å². The molecule has 4 unspecified atom stereocenters. The summed E-state index contributed by atoms with van der Waals surface area (Å²) < 4.78 is 5.60. The molecule has 3 fully saturated rings. The Balaban J connectivity index is 1.37. The van der Waals surface area contributed by atoms with Gasteiger partial charge in [0, 0.05) is 51.3 Å². The average molecular weight is 681 g/mol. The molecule has 2 saturated heterocycles. The maximum Gasteiger partial charge on any atom is 0.318 e. The standard InChI is InChI=1S/C37H56N6O6/c1-36(2)37(48,24-49-36)22-32(44)29(19-26-13-7-4-8-14-26)40-33(45)31(21-28-23-38-25-39-28)42(3)34(46)30(20-27-15-9-5-10-16-27)41-35(47)43-17-11-6-12-18-43/h5,9-10,15-16,23,25-26,29-32,44,48H,4,6-8,11-14,17-22,24H2,1-3H3,(H,38,39)(H,40,45)(H,41,47)/t29?,30?,31?,32?,37-/m1/s1. The van der Waals surface area contributed by atoms with Crippen molar-refractivity contribution in [1.29, 1.82) is 0 Å². The van der Waals surface area contributed by atoms with Crippen LogP contribution in [0, 0.1) is 5.92 Å². The number of aliphatic hydroxyl groups is 2. The molecule has 5 N–H and O–H groups in total. The van der Waals surface area contributed by atoms with E-state index in [0.717, 1.165) is 50.5 Å². The summed E-state index contributed by atoms with van der Waals surface area (Å²) in [5.74, 6) is -0.470. The Labute approximate surface area is 290 Å². The fraction of sp³-hybridized carbons (Fsp3) is 0.676. The monoisotopic (exact) mass is 680 g/mol. The number of nitrogens with one attached hydrogen (secondary N) is 3. The van der Waals surface area contributed by atoms with E-state index >= 15 is 0 Å². The van der Waals surface area contributed by atoms with E-state index in [1.807, 2.05) is 30.3 Å². The third-order valence-electron chi connectivity index (χ3n) is 11.1. The molecule has 0 radical (unpaired) electrons. The number of aromatic nitrogens is 2. The van der Waals surface area contributed by atoms with Gasteiger partial charge < -0.3 is 40.4 Å². The summed E-state index contributed by atoms with van der Waals surface area (Å²) in [5.41, 5.74) is -0.473. The van der Waals surface area contributed by atoms with Crippen LogP contribution in [0.3, 0.4) is 0 Å². The van der Waals surface area contributed by atoms with Crippen LogP contribution in [-0.4, -0.2) is 110 Å². The molecule has 5 atom stereocenters. The highest BCUT2D eigenvalue weighted by Gasteiger charge is 2.55. The van der Waals surface area contributed by atoms with E-state index in [1.165, 1.54) is 17.6 Å². The van der Waals surface area contributed by atoms with Crippen LogP contribution in [0.15, 0.2) is 42.9 Å². The van der Waals surface area contributed by atoms with Crippen LogP contribution in [0.1, 0.15) is 89.3 Å². The number of nitrogens with zero attached hydrogens (tertiary/aromatic N) is 3. The molecule has 49 heavy (non-hydrogen) atoms.